The molecule has 6 heteroatoms. The van der Waals surface area contributed by atoms with Crippen LogP contribution in [0.4, 0.5) is 10.1 Å². The summed E-state index contributed by atoms with van der Waals surface area (Å²) in [4.78, 5) is 27.9. The van der Waals surface area contributed by atoms with Crippen LogP contribution in [0.15, 0.2) is 78.6 Å². The average Bonchev–Trinajstić information content (AvgIpc) is 2.89. The lowest BCUT2D eigenvalue weighted by Crippen LogP contribution is -2.43. The summed E-state index contributed by atoms with van der Waals surface area (Å²) in [5.74, 6) is 1.03. The maximum absolute atomic E-state index is 13.8. The van der Waals surface area contributed by atoms with Crippen molar-refractivity contribution in [2.45, 2.75) is 45.7 Å². The highest BCUT2D eigenvalue weighted by Gasteiger charge is 2.31. The van der Waals surface area contributed by atoms with E-state index in [4.69, 9.17) is 4.74 Å². The molecule has 0 spiro atoms. The maximum atomic E-state index is 13.8. The Morgan fingerprint density at radius 2 is 1.84 bits per heavy atom. The summed E-state index contributed by atoms with van der Waals surface area (Å²) in [7, 11) is 0. The van der Waals surface area contributed by atoms with E-state index in [0.29, 0.717) is 34.4 Å². The monoisotopic (exact) mass is 498 g/mol. The van der Waals surface area contributed by atoms with Crippen LogP contribution in [-0.2, 0) is 11.3 Å². The molecule has 1 saturated carbocycles. The van der Waals surface area contributed by atoms with Gasteiger partial charge >= 0.3 is 0 Å². The SMILES string of the molecule is C[C@@H]1[C@H](C)CCC[C@@H]1NC(=O)c1ccc(/C=C2\Oc3ccccc3N(Cc3cccc(F)c3)C2=O)cc1. The molecule has 1 N–H and O–H groups in total. The summed E-state index contributed by atoms with van der Waals surface area (Å²) < 4.78 is 19.7. The molecule has 1 aliphatic carbocycles. The van der Waals surface area contributed by atoms with Gasteiger partial charge in [0.05, 0.1) is 12.2 Å². The Bertz CT molecular complexity index is 1330. The molecule has 5 nitrogen and oxygen atoms in total. The predicted molar refractivity (Wildman–Crippen MR) is 143 cm³/mol. The molecular formula is C31H31FN2O3. The van der Waals surface area contributed by atoms with Gasteiger partial charge in [0.25, 0.3) is 11.8 Å². The molecule has 3 aromatic carbocycles. The molecule has 5 rings (SSSR count). The average molecular weight is 499 g/mol. The molecule has 1 heterocycles. The van der Waals surface area contributed by atoms with Crippen molar-refractivity contribution in [1.29, 1.82) is 0 Å². The molecule has 1 fully saturated rings. The Balaban J connectivity index is 1.34. The van der Waals surface area contributed by atoms with E-state index in [1.807, 2.05) is 30.3 Å². The molecule has 1 aliphatic heterocycles. The minimum Gasteiger partial charge on any atom is -0.449 e. The standard InChI is InChI=1S/C31H31FN2O3/c1-20-7-5-10-26(21(20)2)33-30(35)24-15-13-22(14-16-24)18-29-31(36)34(19-23-8-6-9-25(32)17-23)27-11-3-4-12-28(27)37-29/h3-4,6,8-9,11-18,20-21,26H,5,7,10,19H2,1-2H3,(H,33,35)/b29-18-/t20-,21-,26+/m1/s1. The van der Waals surface area contributed by atoms with Gasteiger partial charge in [-0.25, -0.2) is 4.39 Å². The zero-order chi connectivity index (χ0) is 25.9. The van der Waals surface area contributed by atoms with E-state index in [9.17, 15) is 14.0 Å². The van der Waals surface area contributed by atoms with Gasteiger partial charge in [-0.2, -0.15) is 0 Å². The van der Waals surface area contributed by atoms with Crippen LogP contribution in [0.2, 0.25) is 0 Å². The van der Waals surface area contributed by atoms with Crippen molar-refractivity contribution < 1.29 is 18.7 Å². The lowest BCUT2D eigenvalue weighted by Gasteiger charge is -2.34. The molecule has 190 valence electrons. The number of nitrogens with zero attached hydrogens (tertiary/aromatic N) is 1. The van der Waals surface area contributed by atoms with Crippen LogP contribution in [0.25, 0.3) is 6.08 Å². The number of para-hydroxylation sites is 2. The van der Waals surface area contributed by atoms with E-state index in [2.05, 4.69) is 19.2 Å². The van der Waals surface area contributed by atoms with Crippen molar-refractivity contribution in [2.24, 2.45) is 11.8 Å². The van der Waals surface area contributed by atoms with Gasteiger partial charge in [-0.15, -0.1) is 0 Å². The van der Waals surface area contributed by atoms with E-state index < -0.39 is 0 Å². The highest BCUT2D eigenvalue weighted by molar-refractivity contribution is 6.09. The number of hydrogen-bond acceptors (Lipinski definition) is 3. The summed E-state index contributed by atoms with van der Waals surface area (Å²) in [5, 5.41) is 3.20. The first-order valence-corrected chi connectivity index (χ1v) is 12.8. The number of halogens is 1. The Labute approximate surface area is 217 Å². The summed E-state index contributed by atoms with van der Waals surface area (Å²) in [6.45, 7) is 4.67. The third-order valence-corrected chi connectivity index (χ3v) is 7.56. The first-order chi connectivity index (χ1) is 17.9. The van der Waals surface area contributed by atoms with Crippen molar-refractivity contribution in [1.82, 2.24) is 5.32 Å². The summed E-state index contributed by atoms with van der Waals surface area (Å²) in [6.07, 6.45) is 5.02. The summed E-state index contributed by atoms with van der Waals surface area (Å²) in [6, 6.07) is 20.9. The number of carbonyl (C=O) groups is 2. The normalized spacial score (nSPS) is 22.4. The second-order valence-corrected chi connectivity index (χ2v) is 10.1. The van der Waals surface area contributed by atoms with Crippen molar-refractivity contribution in [3.05, 3.63) is 101 Å². The number of rotatable bonds is 5. The molecular weight excluding hydrogens is 467 g/mol. The van der Waals surface area contributed by atoms with Crippen LogP contribution in [0, 0.1) is 17.7 Å². The molecule has 3 atom stereocenters. The van der Waals surface area contributed by atoms with Crippen LogP contribution in [0.5, 0.6) is 5.75 Å². The van der Waals surface area contributed by atoms with Gasteiger partial charge in [0, 0.05) is 11.6 Å². The summed E-state index contributed by atoms with van der Waals surface area (Å²) >= 11 is 0. The first kappa shape index (κ1) is 24.8. The lowest BCUT2D eigenvalue weighted by atomic mass is 9.78. The molecule has 0 aromatic heterocycles. The highest BCUT2D eigenvalue weighted by atomic mass is 19.1. The van der Waals surface area contributed by atoms with Gasteiger partial charge < -0.3 is 10.1 Å². The number of anilines is 1. The largest absolute Gasteiger partial charge is 0.449 e. The Kier molecular flexibility index (Phi) is 7.08. The number of nitrogens with one attached hydrogen (secondary N) is 1. The number of benzene rings is 3. The molecule has 2 aliphatic rings. The highest BCUT2D eigenvalue weighted by Crippen LogP contribution is 2.36. The zero-order valence-corrected chi connectivity index (χ0v) is 21.1. The second-order valence-electron chi connectivity index (χ2n) is 10.1. The minimum absolute atomic E-state index is 0.0784. The zero-order valence-electron chi connectivity index (χ0n) is 21.1. The Morgan fingerprint density at radius 3 is 2.62 bits per heavy atom. The van der Waals surface area contributed by atoms with Crippen LogP contribution in [0.3, 0.4) is 0 Å². The number of hydrogen-bond donors (Lipinski definition) is 1. The van der Waals surface area contributed by atoms with Crippen molar-refractivity contribution in [2.75, 3.05) is 4.90 Å². The predicted octanol–water partition coefficient (Wildman–Crippen LogP) is 6.35. The van der Waals surface area contributed by atoms with Gasteiger partial charge in [0.2, 0.25) is 0 Å². The van der Waals surface area contributed by atoms with Gasteiger partial charge in [-0.05, 0) is 71.9 Å². The molecule has 0 radical (unpaired) electrons. The van der Waals surface area contributed by atoms with Crippen molar-refractivity contribution in [3.63, 3.8) is 0 Å². The van der Waals surface area contributed by atoms with Crippen LogP contribution < -0.4 is 15.0 Å². The van der Waals surface area contributed by atoms with E-state index >= 15 is 0 Å². The van der Waals surface area contributed by atoms with E-state index in [0.717, 1.165) is 18.4 Å². The van der Waals surface area contributed by atoms with Gasteiger partial charge in [-0.1, -0.05) is 63.1 Å². The molecule has 3 aromatic rings. The lowest BCUT2D eigenvalue weighted by molar-refractivity contribution is -0.117. The van der Waals surface area contributed by atoms with Crippen LogP contribution in [0.1, 0.15) is 54.6 Å². The topological polar surface area (TPSA) is 58.6 Å². The van der Waals surface area contributed by atoms with E-state index in [-0.39, 0.29) is 36.0 Å². The molecule has 2 amide bonds. The smallest absolute Gasteiger partial charge is 0.294 e. The second kappa shape index (κ2) is 10.6. The van der Waals surface area contributed by atoms with Gasteiger partial charge in [-0.3, -0.25) is 14.5 Å². The molecule has 0 bridgehead atoms. The quantitative estimate of drug-likeness (QED) is 0.417. The fourth-order valence-electron chi connectivity index (χ4n) is 5.16. The number of amides is 2. The maximum Gasteiger partial charge on any atom is 0.294 e. The van der Waals surface area contributed by atoms with E-state index in [1.165, 1.54) is 18.6 Å². The molecule has 0 unspecified atom stereocenters. The fraction of sp³-hybridized carbons (Fsp3) is 0.290. The molecule has 0 saturated heterocycles. The van der Waals surface area contributed by atoms with E-state index in [1.54, 1.807) is 41.3 Å². The van der Waals surface area contributed by atoms with Gasteiger partial charge in [0.1, 0.15) is 5.82 Å². The third-order valence-electron chi connectivity index (χ3n) is 7.56. The van der Waals surface area contributed by atoms with Crippen LogP contribution in [-0.4, -0.2) is 17.9 Å². The fourth-order valence-corrected chi connectivity index (χ4v) is 5.16. The van der Waals surface area contributed by atoms with Crippen molar-refractivity contribution in [3.8, 4) is 5.75 Å². The number of fused-ring (bicyclic) bond motifs is 1. The number of carbonyl (C=O) groups excluding carboxylic acids is 2. The van der Waals surface area contributed by atoms with Gasteiger partial charge in [0.15, 0.2) is 11.5 Å². The van der Waals surface area contributed by atoms with Crippen molar-refractivity contribution >= 4 is 23.6 Å². The molecule has 37 heavy (non-hydrogen) atoms. The number of ether oxygens (including phenoxy) is 1. The third kappa shape index (κ3) is 5.43. The first-order valence-electron chi connectivity index (χ1n) is 12.8. The Hall–Kier alpha value is -3.93. The Morgan fingerprint density at radius 1 is 1.05 bits per heavy atom. The minimum atomic E-state index is -0.348. The van der Waals surface area contributed by atoms with Crippen LogP contribution >= 0.6 is 0 Å². The summed E-state index contributed by atoms with van der Waals surface area (Å²) in [5.41, 5.74) is 2.64.